The maximum absolute atomic E-state index is 9.60. The third-order valence-electron chi connectivity index (χ3n) is 1.81. The molecule has 1 aromatic rings. The van der Waals surface area contributed by atoms with Crippen molar-refractivity contribution in [1.29, 1.82) is 0 Å². The van der Waals surface area contributed by atoms with E-state index in [-0.39, 0.29) is 6.04 Å². The van der Waals surface area contributed by atoms with Gasteiger partial charge in [-0.05, 0) is 13.0 Å². The molecule has 0 unspecified atom stereocenters. The highest BCUT2D eigenvalue weighted by Crippen LogP contribution is 2.18. The van der Waals surface area contributed by atoms with Crippen LogP contribution in [0.25, 0.3) is 0 Å². The summed E-state index contributed by atoms with van der Waals surface area (Å²) in [5, 5.41) is 9.60. The Kier molecular flexibility index (Phi) is 3.22. The van der Waals surface area contributed by atoms with Crippen molar-refractivity contribution in [3.05, 3.63) is 24.0 Å². The van der Waals surface area contributed by atoms with Crippen LogP contribution in [0.1, 0.15) is 18.6 Å². The molecular formula is C9H14N2O2. The van der Waals surface area contributed by atoms with E-state index in [0.717, 1.165) is 0 Å². The number of aliphatic hydroxyl groups is 1. The first-order valence-corrected chi connectivity index (χ1v) is 4.07. The SMILES string of the molecule is COc1cncc([C@@H](O)[C@H](C)N)c1. The number of nitrogens with zero attached hydrogens (tertiary/aromatic N) is 1. The zero-order chi connectivity index (χ0) is 9.84. The van der Waals surface area contributed by atoms with Crippen LogP contribution in [-0.2, 0) is 0 Å². The average Bonchev–Trinajstić information content (AvgIpc) is 2.16. The number of aliphatic hydroxyl groups excluding tert-OH is 1. The predicted octanol–water partition coefficient (Wildman–Crippen LogP) is 0.471. The predicted molar refractivity (Wildman–Crippen MR) is 49.4 cm³/mol. The van der Waals surface area contributed by atoms with Gasteiger partial charge in [-0.1, -0.05) is 0 Å². The van der Waals surface area contributed by atoms with Crippen molar-refractivity contribution in [2.75, 3.05) is 7.11 Å². The van der Waals surface area contributed by atoms with E-state index in [0.29, 0.717) is 11.3 Å². The molecule has 0 saturated heterocycles. The Bertz CT molecular complexity index is 276. The lowest BCUT2D eigenvalue weighted by Crippen LogP contribution is -2.24. The van der Waals surface area contributed by atoms with Gasteiger partial charge in [0, 0.05) is 17.8 Å². The smallest absolute Gasteiger partial charge is 0.137 e. The summed E-state index contributed by atoms with van der Waals surface area (Å²) in [7, 11) is 1.55. The van der Waals surface area contributed by atoms with Gasteiger partial charge in [-0.3, -0.25) is 4.98 Å². The standard InChI is InChI=1S/C9H14N2O2/c1-6(10)9(12)7-3-8(13-2)5-11-4-7/h3-6,9,12H,10H2,1-2H3/t6-,9-/m0/s1. The highest BCUT2D eigenvalue weighted by molar-refractivity contribution is 5.25. The molecule has 0 radical (unpaired) electrons. The molecule has 72 valence electrons. The van der Waals surface area contributed by atoms with Gasteiger partial charge < -0.3 is 15.6 Å². The van der Waals surface area contributed by atoms with Crippen LogP contribution in [0.5, 0.6) is 5.75 Å². The first kappa shape index (κ1) is 9.95. The molecule has 13 heavy (non-hydrogen) atoms. The van der Waals surface area contributed by atoms with Gasteiger partial charge in [0.2, 0.25) is 0 Å². The molecular weight excluding hydrogens is 168 g/mol. The van der Waals surface area contributed by atoms with Gasteiger partial charge in [-0.2, -0.15) is 0 Å². The summed E-state index contributed by atoms with van der Waals surface area (Å²) in [4.78, 5) is 3.92. The van der Waals surface area contributed by atoms with E-state index in [1.165, 1.54) is 0 Å². The van der Waals surface area contributed by atoms with Crippen LogP contribution in [0.4, 0.5) is 0 Å². The monoisotopic (exact) mass is 182 g/mol. The van der Waals surface area contributed by atoms with Crippen LogP contribution in [0.15, 0.2) is 18.5 Å². The third-order valence-corrected chi connectivity index (χ3v) is 1.81. The second kappa shape index (κ2) is 4.20. The zero-order valence-electron chi connectivity index (χ0n) is 7.77. The summed E-state index contributed by atoms with van der Waals surface area (Å²) < 4.78 is 4.97. The summed E-state index contributed by atoms with van der Waals surface area (Å²) in [6, 6.07) is 1.41. The minimum Gasteiger partial charge on any atom is -0.495 e. The second-order valence-corrected chi connectivity index (χ2v) is 2.96. The van der Waals surface area contributed by atoms with Crippen molar-refractivity contribution < 1.29 is 9.84 Å². The van der Waals surface area contributed by atoms with Crippen molar-refractivity contribution >= 4 is 0 Å². The van der Waals surface area contributed by atoms with Gasteiger partial charge in [0.1, 0.15) is 5.75 Å². The summed E-state index contributed by atoms with van der Waals surface area (Å²) in [6.07, 6.45) is 2.47. The van der Waals surface area contributed by atoms with E-state index >= 15 is 0 Å². The zero-order valence-corrected chi connectivity index (χ0v) is 7.77. The van der Waals surface area contributed by atoms with E-state index in [1.54, 1.807) is 32.5 Å². The number of hydrogen-bond donors (Lipinski definition) is 2. The molecule has 0 amide bonds. The van der Waals surface area contributed by atoms with Crippen molar-refractivity contribution in [3.63, 3.8) is 0 Å². The molecule has 2 atom stereocenters. The van der Waals surface area contributed by atoms with Crippen LogP contribution in [0.3, 0.4) is 0 Å². The van der Waals surface area contributed by atoms with E-state index in [4.69, 9.17) is 10.5 Å². The molecule has 3 N–H and O–H groups in total. The fourth-order valence-corrected chi connectivity index (χ4v) is 1.01. The number of methoxy groups -OCH3 is 1. The first-order chi connectivity index (χ1) is 6.15. The Morgan fingerprint density at radius 1 is 1.54 bits per heavy atom. The van der Waals surface area contributed by atoms with Crippen molar-refractivity contribution in [1.82, 2.24) is 4.98 Å². The van der Waals surface area contributed by atoms with Crippen LogP contribution in [-0.4, -0.2) is 23.2 Å². The molecule has 4 heteroatoms. The van der Waals surface area contributed by atoms with Gasteiger partial charge in [0.25, 0.3) is 0 Å². The van der Waals surface area contributed by atoms with Crippen LogP contribution in [0.2, 0.25) is 0 Å². The molecule has 4 nitrogen and oxygen atoms in total. The summed E-state index contributed by atoms with van der Waals surface area (Å²) >= 11 is 0. The van der Waals surface area contributed by atoms with E-state index in [2.05, 4.69) is 4.98 Å². The number of nitrogens with two attached hydrogens (primary N) is 1. The lowest BCUT2D eigenvalue weighted by Gasteiger charge is -2.14. The van der Waals surface area contributed by atoms with Crippen LogP contribution in [0, 0.1) is 0 Å². The largest absolute Gasteiger partial charge is 0.495 e. The summed E-state index contributed by atoms with van der Waals surface area (Å²) in [5.41, 5.74) is 6.22. The maximum atomic E-state index is 9.60. The molecule has 1 heterocycles. The van der Waals surface area contributed by atoms with Crippen LogP contribution >= 0.6 is 0 Å². The normalized spacial score (nSPS) is 15.1. The molecule has 0 aliphatic carbocycles. The second-order valence-electron chi connectivity index (χ2n) is 2.96. The number of hydrogen-bond acceptors (Lipinski definition) is 4. The van der Waals surface area contributed by atoms with Crippen molar-refractivity contribution in [3.8, 4) is 5.75 Å². The highest BCUT2D eigenvalue weighted by Gasteiger charge is 2.12. The maximum Gasteiger partial charge on any atom is 0.137 e. The number of ether oxygens (including phenoxy) is 1. The van der Waals surface area contributed by atoms with Gasteiger partial charge in [0.05, 0.1) is 19.4 Å². The topological polar surface area (TPSA) is 68.4 Å². The molecule has 0 saturated carbocycles. The van der Waals surface area contributed by atoms with E-state index in [1.807, 2.05) is 0 Å². The Morgan fingerprint density at radius 2 is 2.23 bits per heavy atom. The lowest BCUT2D eigenvalue weighted by molar-refractivity contribution is 0.152. The van der Waals surface area contributed by atoms with Gasteiger partial charge >= 0.3 is 0 Å². The molecule has 0 spiro atoms. The number of aromatic nitrogens is 1. The Balaban J connectivity index is 2.88. The minimum atomic E-state index is -0.692. The highest BCUT2D eigenvalue weighted by atomic mass is 16.5. The number of rotatable bonds is 3. The Labute approximate surface area is 77.4 Å². The molecule has 0 aliphatic heterocycles. The minimum absolute atomic E-state index is 0.311. The molecule has 0 aromatic carbocycles. The van der Waals surface area contributed by atoms with E-state index < -0.39 is 6.10 Å². The van der Waals surface area contributed by atoms with Crippen molar-refractivity contribution in [2.45, 2.75) is 19.1 Å². The molecule has 0 aliphatic rings. The van der Waals surface area contributed by atoms with E-state index in [9.17, 15) is 5.11 Å². The molecule has 1 rings (SSSR count). The quantitative estimate of drug-likeness (QED) is 0.713. The lowest BCUT2D eigenvalue weighted by atomic mass is 10.1. The Hall–Kier alpha value is -1.13. The fourth-order valence-electron chi connectivity index (χ4n) is 1.01. The molecule has 0 bridgehead atoms. The molecule has 0 fully saturated rings. The first-order valence-electron chi connectivity index (χ1n) is 4.07. The van der Waals surface area contributed by atoms with Crippen molar-refractivity contribution in [2.24, 2.45) is 5.73 Å². The summed E-state index contributed by atoms with van der Waals surface area (Å²) in [6.45, 7) is 1.74. The average molecular weight is 182 g/mol. The number of pyridine rings is 1. The third kappa shape index (κ3) is 2.40. The summed E-state index contributed by atoms with van der Waals surface area (Å²) in [5.74, 6) is 0.622. The van der Waals surface area contributed by atoms with Crippen LogP contribution < -0.4 is 10.5 Å². The fraction of sp³-hybridized carbons (Fsp3) is 0.444. The Morgan fingerprint density at radius 3 is 2.77 bits per heavy atom. The van der Waals surface area contributed by atoms with Gasteiger partial charge in [-0.15, -0.1) is 0 Å². The van der Waals surface area contributed by atoms with Gasteiger partial charge in [-0.25, -0.2) is 0 Å². The van der Waals surface area contributed by atoms with Gasteiger partial charge in [0.15, 0.2) is 0 Å². The molecule has 1 aromatic heterocycles.